The van der Waals surface area contributed by atoms with Gasteiger partial charge in [0.25, 0.3) is 0 Å². The van der Waals surface area contributed by atoms with E-state index >= 15 is 0 Å². The summed E-state index contributed by atoms with van der Waals surface area (Å²) in [6, 6.07) is 6.15. The van der Waals surface area contributed by atoms with Gasteiger partial charge in [0.05, 0.1) is 13.7 Å². The molecule has 1 atom stereocenters. The van der Waals surface area contributed by atoms with Crippen molar-refractivity contribution in [1.82, 2.24) is 0 Å². The van der Waals surface area contributed by atoms with E-state index in [2.05, 4.69) is 8.92 Å². The lowest BCUT2D eigenvalue weighted by Crippen LogP contribution is -2.63. The van der Waals surface area contributed by atoms with Gasteiger partial charge in [0.1, 0.15) is 5.75 Å². The van der Waals surface area contributed by atoms with Gasteiger partial charge in [-0.2, -0.15) is 47.9 Å². The standard InChI is InChI=1S/C18H19F9O6S/c1-3-32-14(28)13(6-4-5-11-7-9-12(31-2)10-8-11)33-34(29,30)18(26,27)16(21,22)15(19,20)17(23,24)25/h7-10,13H,3-6H2,1-2H3. The zero-order valence-corrected chi connectivity index (χ0v) is 18.3. The summed E-state index contributed by atoms with van der Waals surface area (Å²) in [5.41, 5.74) is 0.577. The van der Waals surface area contributed by atoms with Crippen LogP contribution < -0.4 is 4.74 Å². The second-order valence-corrected chi connectivity index (χ2v) is 8.31. The smallest absolute Gasteiger partial charge is 0.460 e. The molecule has 6 nitrogen and oxygen atoms in total. The first-order valence-corrected chi connectivity index (χ1v) is 10.7. The molecule has 0 fully saturated rings. The molecule has 196 valence electrons. The zero-order valence-electron chi connectivity index (χ0n) is 17.5. The molecule has 0 radical (unpaired) electrons. The maximum absolute atomic E-state index is 13.9. The summed E-state index contributed by atoms with van der Waals surface area (Å²) < 4.78 is 154. The molecule has 0 saturated carbocycles. The Morgan fingerprint density at radius 1 is 0.941 bits per heavy atom. The number of hydrogen-bond donors (Lipinski definition) is 0. The molecule has 0 aromatic heterocycles. The zero-order chi connectivity index (χ0) is 26.6. The molecule has 16 heteroatoms. The van der Waals surface area contributed by atoms with Gasteiger partial charge in [-0.15, -0.1) is 0 Å². The SMILES string of the molecule is CCOC(=O)C(CCCc1ccc(OC)cc1)OS(=O)(=O)C(F)(F)C(F)(F)C(F)(F)C(F)(F)F. The summed E-state index contributed by atoms with van der Waals surface area (Å²) in [5, 5.41) is -7.07. The van der Waals surface area contributed by atoms with Crippen LogP contribution in [0, 0.1) is 0 Å². The summed E-state index contributed by atoms with van der Waals surface area (Å²) in [4.78, 5) is 11.9. The lowest BCUT2D eigenvalue weighted by Gasteiger charge is -2.33. The van der Waals surface area contributed by atoms with Crippen LogP contribution in [0.2, 0.25) is 0 Å². The Labute approximate surface area is 188 Å². The van der Waals surface area contributed by atoms with Crippen molar-refractivity contribution in [2.24, 2.45) is 0 Å². The number of esters is 1. The maximum atomic E-state index is 13.9. The van der Waals surface area contributed by atoms with Crippen LogP contribution >= 0.6 is 0 Å². The van der Waals surface area contributed by atoms with Gasteiger partial charge in [-0.3, -0.25) is 4.18 Å². The van der Waals surface area contributed by atoms with Crippen molar-refractivity contribution >= 4 is 16.1 Å². The van der Waals surface area contributed by atoms with E-state index in [0.29, 0.717) is 11.3 Å². The first kappa shape index (κ1) is 29.8. The largest absolute Gasteiger partial charge is 0.497 e. The molecule has 0 aliphatic heterocycles. The van der Waals surface area contributed by atoms with Crippen molar-refractivity contribution in [2.45, 2.75) is 55.6 Å². The first-order valence-electron chi connectivity index (χ1n) is 9.28. The summed E-state index contributed by atoms with van der Waals surface area (Å²) in [6.07, 6.45) is -10.6. The van der Waals surface area contributed by atoms with Gasteiger partial charge in [0.15, 0.2) is 6.10 Å². The van der Waals surface area contributed by atoms with Crippen LogP contribution in [0.25, 0.3) is 0 Å². The van der Waals surface area contributed by atoms with Crippen molar-refractivity contribution in [3.8, 4) is 5.75 Å². The third-order valence-corrected chi connectivity index (χ3v) is 5.68. The second-order valence-electron chi connectivity index (χ2n) is 6.69. The number of halogens is 9. The summed E-state index contributed by atoms with van der Waals surface area (Å²) in [7, 11) is -5.82. The number of alkyl halides is 9. The van der Waals surface area contributed by atoms with Crippen LogP contribution in [0.4, 0.5) is 39.5 Å². The fourth-order valence-corrected chi connectivity index (χ4v) is 3.50. The van der Waals surface area contributed by atoms with Crippen LogP contribution in [-0.4, -0.2) is 57.5 Å². The number of methoxy groups -OCH3 is 1. The van der Waals surface area contributed by atoms with Crippen molar-refractivity contribution < 1.29 is 66.4 Å². The van der Waals surface area contributed by atoms with Crippen molar-refractivity contribution in [2.75, 3.05) is 13.7 Å². The second kappa shape index (κ2) is 10.6. The molecule has 0 saturated heterocycles. The van der Waals surface area contributed by atoms with E-state index < -0.39 is 58.5 Å². The number of carbonyl (C=O) groups is 1. The predicted molar refractivity (Wildman–Crippen MR) is 97.3 cm³/mol. The Hall–Kier alpha value is -2.23. The predicted octanol–water partition coefficient (Wildman–Crippen LogP) is 4.72. The fourth-order valence-electron chi connectivity index (χ4n) is 2.46. The Morgan fingerprint density at radius 3 is 1.91 bits per heavy atom. The minimum Gasteiger partial charge on any atom is -0.497 e. The Kier molecular flexibility index (Phi) is 9.27. The first-order chi connectivity index (χ1) is 15.4. The van der Waals surface area contributed by atoms with E-state index in [-0.39, 0.29) is 12.8 Å². The van der Waals surface area contributed by atoms with Gasteiger partial charge >= 0.3 is 39.4 Å². The Bertz CT molecular complexity index is 930. The van der Waals surface area contributed by atoms with Crippen molar-refractivity contribution in [3.05, 3.63) is 29.8 Å². The summed E-state index contributed by atoms with van der Waals surface area (Å²) >= 11 is 0. The Morgan fingerprint density at radius 2 is 1.47 bits per heavy atom. The number of carbonyl (C=O) groups excluding carboxylic acids is 1. The maximum Gasteiger partial charge on any atom is 0.460 e. The van der Waals surface area contributed by atoms with E-state index in [1.54, 1.807) is 12.1 Å². The van der Waals surface area contributed by atoms with E-state index in [4.69, 9.17) is 4.74 Å². The van der Waals surface area contributed by atoms with E-state index in [1.807, 2.05) is 0 Å². The van der Waals surface area contributed by atoms with Crippen molar-refractivity contribution in [3.63, 3.8) is 0 Å². The highest BCUT2D eigenvalue weighted by atomic mass is 32.2. The highest BCUT2D eigenvalue weighted by molar-refractivity contribution is 7.87. The molecule has 1 aromatic carbocycles. The third-order valence-electron chi connectivity index (χ3n) is 4.31. The summed E-state index contributed by atoms with van der Waals surface area (Å²) in [5.74, 6) is -16.1. The van der Waals surface area contributed by atoms with E-state index in [0.717, 1.165) is 0 Å². The fraction of sp³-hybridized carbons (Fsp3) is 0.611. The van der Waals surface area contributed by atoms with Crippen LogP contribution in [0.5, 0.6) is 5.75 Å². The molecule has 1 unspecified atom stereocenters. The van der Waals surface area contributed by atoms with Crippen LogP contribution in [-0.2, 0) is 30.3 Å². The lowest BCUT2D eigenvalue weighted by atomic mass is 10.1. The van der Waals surface area contributed by atoms with Crippen LogP contribution in [0.3, 0.4) is 0 Å². The molecule has 34 heavy (non-hydrogen) atoms. The number of aryl methyl sites for hydroxylation is 1. The monoisotopic (exact) mass is 534 g/mol. The lowest BCUT2D eigenvalue weighted by molar-refractivity contribution is -0.382. The molecular formula is C18H19F9O6S. The highest BCUT2D eigenvalue weighted by Gasteiger charge is 2.86. The topological polar surface area (TPSA) is 78.9 Å². The van der Waals surface area contributed by atoms with Crippen LogP contribution in [0.15, 0.2) is 24.3 Å². The molecular weight excluding hydrogens is 515 g/mol. The Balaban J connectivity index is 3.13. The van der Waals surface area contributed by atoms with Crippen LogP contribution in [0.1, 0.15) is 25.3 Å². The molecule has 0 heterocycles. The summed E-state index contributed by atoms with van der Waals surface area (Å²) in [6.45, 7) is 0.753. The average molecular weight is 534 g/mol. The average Bonchev–Trinajstić information content (AvgIpc) is 2.72. The van der Waals surface area contributed by atoms with Gasteiger partial charge in [-0.05, 0) is 43.9 Å². The normalized spacial score (nSPS) is 14.6. The van der Waals surface area contributed by atoms with E-state index in [1.165, 1.54) is 26.2 Å². The number of ether oxygens (including phenoxy) is 2. The molecule has 0 spiro atoms. The molecule has 1 rings (SSSR count). The molecule has 0 aliphatic carbocycles. The van der Waals surface area contributed by atoms with Crippen molar-refractivity contribution in [1.29, 1.82) is 0 Å². The van der Waals surface area contributed by atoms with Gasteiger partial charge in [0.2, 0.25) is 0 Å². The van der Waals surface area contributed by atoms with Gasteiger partial charge in [-0.25, -0.2) is 4.79 Å². The number of hydrogen-bond acceptors (Lipinski definition) is 6. The third kappa shape index (κ3) is 6.06. The number of rotatable bonds is 12. The minimum atomic E-state index is -7.47. The molecule has 1 aromatic rings. The van der Waals surface area contributed by atoms with Gasteiger partial charge in [0, 0.05) is 0 Å². The van der Waals surface area contributed by atoms with Gasteiger partial charge in [-0.1, -0.05) is 12.1 Å². The highest BCUT2D eigenvalue weighted by Crippen LogP contribution is 2.55. The number of benzene rings is 1. The van der Waals surface area contributed by atoms with Gasteiger partial charge < -0.3 is 9.47 Å². The molecule has 0 amide bonds. The quantitative estimate of drug-likeness (QED) is 0.219. The molecule has 0 bridgehead atoms. The minimum absolute atomic E-state index is 0.0714. The van der Waals surface area contributed by atoms with E-state index in [9.17, 15) is 52.7 Å². The molecule has 0 N–H and O–H groups in total. The molecule has 0 aliphatic rings.